The van der Waals surface area contributed by atoms with E-state index >= 15 is 0 Å². The van der Waals surface area contributed by atoms with Crippen LogP contribution >= 0.6 is 0 Å². The number of carbonyl (C=O) groups excluding carboxylic acids is 1. The van der Waals surface area contributed by atoms with Crippen LogP contribution in [0, 0.1) is 12.8 Å². The van der Waals surface area contributed by atoms with Gasteiger partial charge in [0.15, 0.2) is 5.65 Å². The second kappa shape index (κ2) is 6.51. The van der Waals surface area contributed by atoms with Gasteiger partial charge >= 0.3 is 0 Å². The molecule has 1 aliphatic rings. The summed E-state index contributed by atoms with van der Waals surface area (Å²) in [5.41, 5.74) is 8.15. The van der Waals surface area contributed by atoms with Crippen LogP contribution < -0.4 is 5.73 Å². The SMILES string of the molecule is CCC(C)n1ncc2c(C(=O)N3CC(CN)CC3C)cc(C)nc21. The Balaban J connectivity index is 2.03. The first kappa shape index (κ1) is 16.9. The van der Waals surface area contributed by atoms with Gasteiger partial charge < -0.3 is 10.6 Å². The number of rotatable bonds is 4. The summed E-state index contributed by atoms with van der Waals surface area (Å²) in [4.78, 5) is 19.7. The summed E-state index contributed by atoms with van der Waals surface area (Å²) in [5.74, 6) is 0.461. The molecule has 0 aliphatic carbocycles. The molecular weight excluding hydrogens is 302 g/mol. The highest BCUT2D eigenvalue weighted by Crippen LogP contribution is 2.28. The van der Waals surface area contributed by atoms with Gasteiger partial charge in [0.05, 0.1) is 23.2 Å². The number of nitrogens with two attached hydrogens (primary N) is 1. The first-order valence-electron chi connectivity index (χ1n) is 8.82. The predicted molar refractivity (Wildman–Crippen MR) is 94.9 cm³/mol. The Bertz CT molecular complexity index is 753. The molecule has 0 saturated carbocycles. The minimum absolute atomic E-state index is 0.0673. The number of aromatic nitrogens is 3. The van der Waals surface area contributed by atoms with Crippen LogP contribution in [0.15, 0.2) is 12.3 Å². The smallest absolute Gasteiger partial charge is 0.254 e. The van der Waals surface area contributed by atoms with Crippen LogP contribution in [-0.2, 0) is 0 Å². The van der Waals surface area contributed by atoms with Gasteiger partial charge in [0.2, 0.25) is 0 Å². The molecule has 2 N–H and O–H groups in total. The zero-order chi connectivity index (χ0) is 17.4. The van der Waals surface area contributed by atoms with E-state index in [2.05, 4.69) is 30.9 Å². The van der Waals surface area contributed by atoms with Gasteiger partial charge in [-0.05, 0) is 52.1 Å². The lowest BCUT2D eigenvalue weighted by molar-refractivity contribution is 0.0745. The second-order valence-electron chi connectivity index (χ2n) is 7.04. The molecule has 130 valence electrons. The van der Waals surface area contributed by atoms with E-state index in [1.54, 1.807) is 6.20 Å². The fourth-order valence-electron chi connectivity index (χ4n) is 3.57. The zero-order valence-corrected chi connectivity index (χ0v) is 15.0. The summed E-state index contributed by atoms with van der Waals surface area (Å²) in [6.45, 7) is 9.64. The van der Waals surface area contributed by atoms with Gasteiger partial charge in [0.1, 0.15) is 0 Å². The molecule has 1 fully saturated rings. The minimum Gasteiger partial charge on any atom is -0.336 e. The number of nitrogens with zero attached hydrogens (tertiary/aromatic N) is 4. The number of hydrogen-bond acceptors (Lipinski definition) is 4. The van der Waals surface area contributed by atoms with Crippen molar-refractivity contribution in [3.05, 3.63) is 23.5 Å². The van der Waals surface area contributed by atoms with Crippen LogP contribution in [0.5, 0.6) is 0 Å². The first-order chi connectivity index (χ1) is 11.5. The van der Waals surface area contributed by atoms with E-state index in [1.165, 1.54) is 0 Å². The standard InChI is InChI=1S/C18H27N5O/c1-5-12(3)23-17-16(9-20-23)15(6-11(2)21-17)18(24)22-10-14(8-19)7-13(22)4/h6,9,12-14H,5,7-8,10,19H2,1-4H3. The molecule has 1 saturated heterocycles. The molecule has 3 heterocycles. The molecule has 2 aromatic heterocycles. The highest BCUT2D eigenvalue weighted by atomic mass is 16.2. The Morgan fingerprint density at radius 1 is 1.50 bits per heavy atom. The van der Waals surface area contributed by atoms with Crippen LogP contribution in [0.3, 0.4) is 0 Å². The van der Waals surface area contributed by atoms with E-state index in [0.717, 1.165) is 36.1 Å². The second-order valence-corrected chi connectivity index (χ2v) is 7.04. The average molecular weight is 329 g/mol. The van der Waals surface area contributed by atoms with E-state index in [4.69, 9.17) is 5.73 Å². The Hall–Kier alpha value is -1.95. The van der Waals surface area contributed by atoms with Crippen LogP contribution in [-0.4, -0.2) is 44.7 Å². The monoisotopic (exact) mass is 329 g/mol. The van der Waals surface area contributed by atoms with Crippen molar-refractivity contribution in [1.82, 2.24) is 19.7 Å². The summed E-state index contributed by atoms with van der Waals surface area (Å²) in [7, 11) is 0. The van der Waals surface area contributed by atoms with Crippen LogP contribution in [0.1, 0.15) is 55.7 Å². The van der Waals surface area contributed by atoms with E-state index in [1.807, 2.05) is 22.6 Å². The molecule has 0 radical (unpaired) electrons. The maximum absolute atomic E-state index is 13.2. The molecule has 0 aromatic carbocycles. The quantitative estimate of drug-likeness (QED) is 0.935. The van der Waals surface area contributed by atoms with Crippen molar-refractivity contribution in [2.75, 3.05) is 13.1 Å². The summed E-state index contributed by atoms with van der Waals surface area (Å²) in [6.07, 6.45) is 3.72. The Morgan fingerprint density at radius 2 is 2.25 bits per heavy atom. The van der Waals surface area contributed by atoms with Gasteiger partial charge in [0.25, 0.3) is 5.91 Å². The van der Waals surface area contributed by atoms with Crippen molar-refractivity contribution >= 4 is 16.9 Å². The van der Waals surface area contributed by atoms with Crippen molar-refractivity contribution in [1.29, 1.82) is 0 Å². The summed E-state index contributed by atoms with van der Waals surface area (Å²) >= 11 is 0. The molecule has 3 atom stereocenters. The molecule has 6 heteroatoms. The van der Waals surface area contributed by atoms with Gasteiger partial charge in [-0.2, -0.15) is 5.10 Å². The number of pyridine rings is 1. The van der Waals surface area contributed by atoms with E-state index in [0.29, 0.717) is 18.0 Å². The zero-order valence-electron chi connectivity index (χ0n) is 15.0. The molecule has 24 heavy (non-hydrogen) atoms. The van der Waals surface area contributed by atoms with Crippen molar-refractivity contribution in [2.24, 2.45) is 11.7 Å². The number of carbonyl (C=O) groups is 1. The fourth-order valence-corrected chi connectivity index (χ4v) is 3.57. The molecule has 6 nitrogen and oxygen atoms in total. The summed E-state index contributed by atoms with van der Waals surface area (Å²) in [6, 6.07) is 2.36. The highest BCUT2D eigenvalue weighted by Gasteiger charge is 2.33. The molecule has 3 rings (SSSR count). The third kappa shape index (κ3) is 2.79. The molecule has 2 aromatic rings. The topological polar surface area (TPSA) is 77.0 Å². The maximum Gasteiger partial charge on any atom is 0.254 e. The van der Waals surface area contributed by atoms with E-state index in [9.17, 15) is 4.79 Å². The van der Waals surface area contributed by atoms with Crippen molar-refractivity contribution in [2.45, 2.75) is 52.6 Å². The van der Waals surface area contributed by atoms with Gasteiger partial charge in [0, 0.05) is 18.3 Å². The molecule has 1 aliphatic heterocycles. The number of aryl methyl sites for hydroxylation is 1. The third-order valence-electron chi connectivity index (χ3n) is 5.19. The Labute approximate surface area is 143 Å². The highest BCUT2D eigenvalue weighted by molar-refractivity contribution is 6.05. The van der Waals surface area contributed by atoms with E-state index < -0.39 is 0 Å². The minimum atomic E-state index is 0.0673. The van der Waals surface area contributed by atoms with Gasteiger partial charge in [-0.15, -0.1) is 0 Å². The molecule has 1 amide bonds. The van der Waals surface area contributed by atoms with Crippen LogP contribution in [0.4, 0.5) is 0 Å². The van der Waals surface area contributed by atoms with Gasteiger partial charge in [-0.1, -0.05) is 6.92 Å². The lowest BCUT2D eigenvalue weighted by Crippen LogP contribution is -2.34. The number of hydrogen-bond donors (Lipinski definition) is 1. The first-order valence-corrected chi connectivity index (χ1v) is 8.82. The van der Waals surface area contributed by atoms with Crippen molar-refractivity contribution in [3.8, 4) is 0 Å². The molecule has 0 spiro atoms. The lowest BCUT2D eigenvalue weighted by atomic mass is 10.1. The number of likely N-dealkylation sites (tertiary alicyclic amines) is 1. The fraction of sp³-hybridized carbons (Fsp3) is 0.611. The average Bonchev–Trinajstić information content (AvgIpc) is 3.16. The lowest BCUT2D eigenvalue weighted by Gasteiger charge is -2.22. The molecular formula is C18H27N5O. The van der Waals surface area contributed by atoms with Gasteiger partial charge in [-0.25, -0.2) is 9.67 Å². The summed E-state index contributed by atoms with van der Waals surface area (Å²) < 4.78 is 1.93. The summed E-state index contributed by atoms with van der Waals surface area (Å²) in [5, 5.41) is 5.33. The normalized spacial score (nSPS) is 22.3. The van der Waals surface area contributed by atoms with Crippen molar-refractivity contribution in [3.63, 3.8) is 0 Å². The van der Waals surface area contributed by atoms with Crippen molar-refractivity contribution < 1.29 is 4.79 Å². The van der Waals surface area contributed by atoms with Crippen LogP contribution in [0.2, 0.25) is 0 Å². The van der Waals surface area contributed by atoms with Crippen LogP contribution in [0.25, 0.3) is 11.0 Å². The maximum atomic E-state index is 13.2. The largest absolute Gasteiger partial charge is 0.336 e. The predicted octanol–water partition coefficient (Wildman–Crippen LogP) is 2.52. The Kier molecular flexibility index (Phi) is 4.58. The number of amides is 1. The molecule has 0 bridgehead atoms. The number of fused-ring (bicyclic) bond motifs is 1. The Morgan fingerprint density at radius 3 is 2.88 bits per heavy atom. The van der Waals surface area contributed by atoms with Gasteiger partial charge in [-0.3, -0.25) is 4.79 Å². The third-order valence-corrected chi connectivity index (χ3v) is 5.19. The van der Waals surface area contributed by atoms with E-state index in [-0.39, 0.29) is 18.0 Å². The molecule has 3 unspecified atom stereocenters.